The van der Waals surface area contributed by atoms with Crippen LogP contribution in [0.25, 0.3) is 0 Å². The third-order valence-corrected chi connectivity index (χ3v) is 3.34. The van der Waals surface area contributed by atoms with E-state index in [1.165, 1.54) is 11.1 Å². The largest absolute Gasteiger partial charge is 0.302 e. The highest BCUT2D eigenvalue weighted by Gasteiger charge is 2.37. The van der Waals surface area contributed by atoms with Crippen molar-refractivity contribution in [3.05, 3.63) is 35.4 Å². The van der Waals surface area contributed by atoms with Crippen molar-refractivity contribution >= 4 is 6.29 Å². The van der Waals surface area contributed by atoms with Crippen LogP contribution in [-0.4, -0.2) is 6.29 Å². The normalized spacial score (nSPS) is 23.1. The number of hydrogen-bond acceptors (Lipinski definition) is 1. The van der Waals surface area contributed by atoms with Crippen LogP contribution in [-0.2, 0) is 16.6 Å². The molecular weight excluding hydrogens is 184 g/mol. The Balaban J connectivity index is 2.37. The predicted molar refractivity (Wildman–Crippen MR) is 60.6 cm³/mol. The van der Waals surface area contributed by atoms with E-state index in [4.69, 9.17) is 6.42 Å². The van der Waals surface area contributed by atoms with Crippen LogP contribution >= 0.6 is 0 Å². The third-order valence-electron chi connectivity index (χ3n) is 3.34. The molecule has 15 heavy (non-hydrogen) atoms. The summed E-state index contributed by atoms with van der Waals surface area (Å²) in [5.41, 5.74) is 2.19. The van der Waals surface area contributed by atoms with Gasteiger partial charge in [-0.05, 0) is 30.4 Å². The second-order valence-electron chi connectivity index (χ2n) is 4.14. The molecule has 0 N–H and O–H groups in total. The number of aldehydes is 1. The minimum absolute atomic E-state index is 0.303. The van der Waals surface area contributed by atoms with Crippen molar-refractivity contribution in [1.29, 1.82) is 0 Å². The van der Waals surface area contributed by atoms with Gasteiger partial charge < -0.3 is 4.79 Å². The molecule has 1 unspecified atom stereocenters. The van der Waals surface area contributed by atoms with Gasteiger partial charge >= 0.3 is 0 Å². The second-order valence-corrected chi connectivity index (χ2v) is 4.14. The van der Waals surface area contributed by atoms with E-state index in [2.05, 4.69) is 18.1 Å². The SMILES string of the molecule is C#CCCC1(C=O)CCc2ccccc21. The molecule has 1 aromatic rings. The molecule has 0 radical (unpaired) electrons. The maximum absolute atomic E-state index is 11.3. The Morgan fingerprint density at radius 2 is 2.27 bits per heavy atom. The van der Waals surface area contributed by atoms with Crippen molar-refractivity contribution in [3.8, 4) is 12.3 Å². The lowest BCUT2D eigenvalue weighted by Crippen LogP contribution is -2.24. The molecule has 2 rings (SSSR count). The number of benzene rings is 1. The average Bonchev–Trinajstić information content (AvgIpc) is 2.66. The highest BCUT2D eigenvalue weighted by atomic mass is 16.1. The fourth-order valence-electron chi connectivity index (χ4n) is 2.45. The number of terminal acetylenes is 1. The summed E-state index contributed by atoms with van der Waals surface area (Å²) in [6.45, 7) is 0. The molecule has 0 fully saturated rings. The van der Waals surface area contributed by atoms with Crippen LogP contribution < -0.4 is 0 Å². The first kappa shape index (κ1) is 9.98. The van der Waals surface area contributed by atoms with E-state index in [1.807, 2.05) is 12.1 Å². The van der Waals surface area contributed by atoms with Crippen molar-refractivity contribution in [2.75, 3.05) is 0 Å². The Kier molecular flexibility index (Phi) is 2.60. The molecular formula is C14H14O. The van der Waals surface area contributed by atoms with Crippen molar-refractivity contribution in [3.63, 3.8) is 0 Å². The van der Waals surface area contributed by atoms with Gasteiger partial charge in [-0.25, -0.2) is 0 Å². The van der Waals surface area contributed by atoms with Crippen molar-refractivity contribution in [1.82, 2.24) is 0 Å². The molecule has 1 nitrogen and oxygen atoms in total. The van der Waals surface area contributed by atoms with Crippen molar-refractivity contribution in [2.24, 2.45) is 0 Å². The summed E-state index contributed by atoms with van der Waals surface area (Å²) < 4.78 is 0. The number of carbonyl (C=O) groups is 1. The van der Waals surface area contributed by atoms with Gasteiger partial charge in [0.05, 0.1) is 5.41 Å². The standard InChI is InChI=1S/C14H14O/c1-2-3-9-14(11-15)10-8-12-6-4-5-7-13(12)14/h1,4-7,11H,3,8-10H2. The Hall–Kier alpha value is -1.55. The van der Waals surface area contributed by atoms with E-state index in [1.54, 1.807) is 0 Å². The van der Waals surface area contributed by atoms with Gasteiger partial charge in [0.1, 0.15) is 6.29 Å². The second kappa shape index (κ2) is 3.90. The first-order valence-corrected chi connectivity index (χ1v) is 5.30. The molecule has 0 heterocycles. The molecule has 0 bridgehead atoms. The zero-order valence-electron chi connectivity index (χ0n) is 8.70. The minimum atomic E-state index is -0.303. The molecule has 0 saturated carbocycles. The topological polar surface area (TPSA) is 17.1 Å². The van der Waals surface area contributed by atoms with Crippen LogP contribution in [0.4, 0.5) is 0 Å². The van der Waals surface area contributed by atoms with Crippen LogP contribution in [0.1, 0.15) is 30.4 Å². The van der Waals surface area contributed by atoms with E-state index >= 15 is 0 Å². The lowest BCUT2D eigenvalue weighted by Gasteiger charge is -2.22. The van der Waals surface area contributed by atoms with Gasteiger partial charge in [-0.1, -0.05) is 24.3 Å². The van der Waals surface area contributed by atoms with Crippen molar-refractivity contribution < 1.29 is 4.79 Å². The zero-order chi connectivity index (χ0) is 10.7. The first-order valence-electron chi connectivity index (χ1n) is 5.30. The summed E-state index contributed by atoms with van der Waals surface area (Å²) in [6.07, 6.45) is 9.74. The van der Waals surface area contributed by atoms with E-state index in [0.29, 0.717) is 6.42 Å². The number of aryl methyl sites for hydroxylation is 1. The third kappa shape index (κ3) is 1.57. The smallest absolute Gasteiger partial charge is 0.130 e. The van der Waals surface area contributed by atoms with Gasteiger partial charge in [0.25, 0.3) is 0 Å². The van der Waals surface area contributed by atoms with E-state index in [-0.39, 0.29) is 5.41 Å². The molecule has 1 aliphatic rings. The Morgan fingerprint density at radius 1 is 1.47 bits per heavy atom. The van der Waals surface area contributed by atoms with Gasteiger partial charge in [0, 0.05) is 6.42 Å². The van der Waals surface area contributed by atoms with E-state index < -0.39 is 0 Å². The number of fused-ring (bicyclic) bond motifs is 1. The fraction of sp³-hybridized carbons (Fsp3) is 0.357. The molecule has 76 valence electrons. The summed E-state index contributed by atoms with van der Waals surface area (Å²) in [7, 11) is 0. The van der Waals surface area contributed by atoms with Gasteiger partial charge in [-0.2, -0.15) is 0 Å². The molecule has 0 aromatic heterocycles. The van der Waals surface area contributed by atoms with Gasteiger partial charge in [0.15, 0.2) is 0 Å². The number of rotatable bonds is 3. The summed E-state index contributed by atoms with van der Waals surface area (Å²) in [5, 5.41) is 0. The summed E-state index contributed by atoms with van der Waals surface area (Å²) in [4.78, 5) is 11.3. The molecule has 0 spiro atoms. The van der Waals surface area contributed by atoms with Gasteiger partial charge in [-0.15, -0.1) is 12.3 Å². The Bertz CT molecular complexity index is 414. The summed E-state index contributed by atoms with van der Waals surface area (Å²) >= 11 is 0. The zero-order valence-corrected chi connectivity index (χ0v) is 8.70. The highest BCUT2D eigenvalue weighted by Crippen LogP contribution is 2.40. The molecule has 0 saturated heterocycles. The number of carbonyl (C=O) groups excluding carboxylic acids is 1. The van der Waals surface area contributed by atoms with Crippen LogP contribution in [0, 0.1) is 12.3 Å². The number of hydrogen-bond donors (Lipinski definition) is 0. The molecule has 0 aliphatic heterocycles. The maximum Gasteiger partial charge on any atom is 0.130 e. The lowest BCUT2D eigenvalue weighted by molar-refractivity contribution is -0.112. The molecule has 1 aliphatic carbocycles. The quantitative estimate of drug-likeness (QED) is 0.538. The molecule has 1 atom stereocenters. The fourth-order valence-corrected chi connectivity index (χ4v) is 2.45. The molecule has 1 heteroatoms. The van der Waals surface area contributed by atoms with Crippen LogP contribution in [0.3, 0.4) is 0 Å². The highest BCUT2D eigenvalue weighted by molar-refractivity contribution is 5.71. The minimum Gasteiger partial charge on any atom is -0.302 e. The van der Waals surface area contributed by atoms with Crippen molar-refractivity contribution in [2.45, 2.75) is 31.1 Å². The van der Waals surface area contributed by atoms with E-state index in [9.17, 15) is 4.79 Å². The molecule has 1 aromatic carbocycles. The molecule has 0 amide bonds. The van der Waals surface area contributed by atoms with Crippen LogP contribution in [0.15, 0.2) is 24.3 Å². The van der Waals surface area contributed by atoms with Gasteiger partial charge in [-0.3, -0.25) is 0 Å². The van der Waals surface area contributed by atoms with Crippen LogP contribution in [0.2, 0.25) is 0 Å². The predicted octanol–water partition coefficient (Wildman–Crippen LogP) is 2.48. The summed E-state index contributed by atoms with van der Waals surface area (Å²) in [6, 6.07) is 8.20. The monoisotopic (exact) mass is 198 g/mol. The Morgan fingerprint density at radius 3 is 3.00 bits per heavy atom. The Labute approximate surface area is 90.5 Å². The lowest BCUT2D eigenvalue weighted by atomic mass is 9.79. The average molecular weight is 198 g/mol. The maximum atomic E-state index is 11.3. The van der Waals surface area contributed by atoms with Gasteiger partial charge in [0.2, 0.25) is 0 Å². The van der Waals surface area contributed by atoms with E-state index in [0.717, 1.165) is 25.5 Å². The van der Waals surface area contributed by atoms with Crippen LogP contribution in [0.5, 0.6) is 0 Å². The first-order chi connectivity index (χ1) is 7.32. The summed E-state index contributed by atoms with van der Waals surface area (Å²) in [5.74, 6) is 2.63.